The van der Waals surface area contributed by atoms with Crippen LogP contribution in [0.5, 0.6) is 5.75 Å². The van der Waals surface area contributed by atoms with Gasteiger partial charge in [-0.1, -0.05) is 72.8 Å². The van der Waals surface area contributed by atoms with Crippen LogP contribution >= 0.6 is 7.14 Å². The highest BCUT2D eigenvalue weighted by Crippen LogP contribution is 2.44. The quantitative estimate of drug-likeness (QED) is 0.503. The smallest absolute Gasteiger partial charge is 0.171 e. The molecule has 0 aromatic heterocycles. The van der Waals surface area contributed by atoms with Crippen LogP contribution in [0.4, 0.5) is 0 Å². The molecule has 0 spiro atoms. The van der Waals surface area contributed by atoms with Crippen LogP contribution in [0.2, 0.25) is 0 Å². The maximum atomic E-state index is 14.6. The molecule has 0 heterocycles. The number of fused-ring (bicyclic) bond motifs is 1. The molecule has 0 fully saturated rings. The Morgan fingerprint density at radius 3 is 2.00 bits per heavy atom. The molecular formula is C23H19O2P. The SMILES string of the molecule is COc1ccc(P(=O)(c2ccccc2)c2cccc3ccccc23)cc1. The van der Waals surface area contributed by atoms with Crippen LogP contribution < -0.4 is 20.7 Å². The van der Waals surface area contributed by atoms with E-state index in [9.17, 15) is 4.57 Å². The average molecular weight is 358 g/mol. The van der Waals surface area contributed by atoms with Crippen molar-refractivity contribution in [1.29, 1.82) is 0 Å². The number of rotatable bonds is 4. The van der Waals surface area contributed by atoms with Crippen LogP contribution in [0.25, 0.3) is 10.8 Å². The van der Waals surface area contributed by atoms with Gasteiger partial charge in [-0.05, 0) is 35.0 Å². The Kier molecular flexibility index (Phi) is 4.36. The van der Waals surface area contributed by atoms with Crippen molar-refractivity contribution >= 4 is 33.8 Å². The topological polar surface area (TPSA) is 26.3 Å². The first-order valence-corrected chi connectivity index (χ1v) is 10.2. The van der Waals surface area contributed by atoms with Gasteiger partial charge in [-0.15, -0.1) is 0 Å². The summed E-state index contributed by atoms with van der Waals surface area (Å²) in [5.41, 5.74) is 0. The normalized spacial score (nSPS) is 13.3. The molecule has 4 rings (SSSR count). The third kappa shape index (κ3) is 2.73. The van der Waals surface area contributed by atoms with E-state index in [4.69, 9.17) is 4.74 Å². The van der Waals surface area contributed by atoms with Crippen molar-refractivity contribution in [1.82, 2.24) is 0 Å². The first-order chi connectivity index (χ1) is 12.7. The second kappa shape index (κ2) is 6.82. The van der Waals surface area contributed by atoms with E-state index in [1.807, 2.05) is 84.9 Å². The van der Waals surface area contributed by atoms with Crippen molar-refractivity contribution in [2.24, 2.45) is 0 Å². The van der Waals surface area contributed by atoms with Crippen LogP contribution in [0.15, 0.2) is 97.1 Å². The molecule has 0 aliphatic rings. The fourth-order valence-electron chi connectivity index (χ4n) is 3.34. The maximum Gasteiger partial charge on any atom is 0.171 e. The van der Waals surface area contributed by atoms with E-state index < -0.39 is 7.14 Å². The van der Waals surface area contributed by atoms with Gasteiger partial charge in [-0.3, -0.25) is 0 Å². The minimum Gasteiger partial charge on any atom is -0.497 e. The lowest BCUT2D eigenvalue weighted by atomic mass is 10.1. The van der Waals surface area contributed by atoms with Crippen molar-refractivity contribution in [2.75, 3.05) is 7.11 Å². The van der Waals surface area contributed by atoms with Gasteiger partial charge in [-0.2, -0.15) is 0 Å². The number of methoxy groups -OCH3 is 1. The fourth-order valence-corrected chi connectivity index (χ4v) is 6.19. The molecule has 1 unspecified atom stereocenters. The molecule has 0 saturated heterocycles. The van der Waals surface area contributed by atoms with E-state index in [1.54, 1.807) is 7.11 Å². The Morgan fingerprint density at radius 1 is 0.654 bits per heavy atom. The maximum absolute atomic E-state index is 14.6. The third-order valence-electron chi connectivity index (χ3n) is 4.66. The molecule has 0 bridgehead atoms. The molecule has 0 N–H and O–H groups in total. The van der Waals surface area contributed by atoms with Crippen LogP contribution in [-0.2, 0) is 4.57 Å². The van der Waals surface area contributed by atoms with Gasteiger partial charge in [-0.25, -0.2) is 0 Å². The molecule has 2 nitrogen and oxygen atoms in total. The lowest BCUT2D eigenvalue weighted by Gasteiger charge is -2.22. The molecule has 3 heteroatoms. The summed E-state index contributed by atoms with van der Waals surface area (Å²) in [6, 6.07) is 31.4. The highest BCUT2D eigenvalue weighted by Gasteiger charge is 2.31. The summed E-state index contributed by atoms with van der Waals surface area (Å²) < 4.78 is 19.9. The largest absolute Gasteiger partial charge is 0.497 e. The first-order valence-electron chi connectivity index (χ1n) is 8.52. The highest BCUT2D eigenvalue weighted by molar-refractivity contribution is 7.85. The predicted molar refractivity (Wildman–Crippen MR) is 110 cm³/mol. The molecule has 1 atom stereocenters. The standard InChI is InChI=1S/C23H19O2P/c1-25-19-14-16-21(17-15-19)26(24,20-10-3-2-4-11-20)23-13-7-9-18-8-5-6-12-22(18)23/h2-17H,1H3. The predicted octanol–water partition coefficient (Wildman–Crippen LogP) is 4.49. The first kappa shape index (κ1) is 16.6. The summed E-state index contributed by atoms with van der Waals surface area (Å²) in [6.45, 7) is 0. The minimum absolute atomic E-state index is 0.756. The molecule has 0 amide bonds. The molecule has 0 aliphatic heterocycles. The number of ether oxygens (including phenoxy) is 1. The molecular weight excluding hydrogens is 339 g/mol. The van der Waals surface area contributed by atoms with Gasteiger partial charge in [0, 0.05) is 15.9 Å². The number of benzene rings is 4. The lowest BCUT2D eigenvalue weighted by Crippen LogP contribution is -2.25. The molecule has 0 saturated carbocycles. The van der Waals surface area contributed by atoms with Gasteiger partial charge < -0.3 is 9.30 Å². The van der Waals surface area contributed by atoms with Crippen molar-refractivity contribution < 1.29 is 9.30 Å². The molecule has 0 radical (unpaired) electrons. The van der Waals surface area contributed by atoms with Gasteiger partial charge in [0.1, 0.15) is 5.75 Å². The Bertz CT molecular complexity index is 1080. The molecule has 128 valence electrons. The number of hydrogen-bond donors (Lipinski definition) is 0. The summed E-state index contributed by atoms with van der Waals surface area (Å²) in [7, 11) is -1.37. The molecule has 4 aromatic carbocycles. The summed E-state index contributed by atoms with van der Waals surface area (Å²) in [5, 5.41) is 4.63. The van der Waals surface area contributed by atoms with E-state index in [0.29, 0.717) is 0 Å². The molecule has 0 aliphatic carbocycles. The van der Waals surface area contributed by atoms with Gasteiger partial charge in [0.2, 0.25) is 0 Å². The zero-order valence-electron chi connectivity index (χ0n) is 14.5. The van der Waals surface area contributed by atoms with Gasteiger partial charge >= 0.3 is 0 Å². The van der Waals surface area contributed by atoms with Gasteiger partial charge in [0.05, 0.1) is 7.11 Å². The number of hydrogen-bond acceptors (Lipinski definition) is 2. The van der Waals surface area contributed by atoms with E-state index in [1.165, 1.54) is 0 Å². The summed E-state index contributed by atoms with van der Waals surface area (Å²) in [4.78, 5) is 0. The summed E-state index contributed by atoms with van der Waals surface area (Å²) >= 11 is 0. The second-order valence-electron chi connectivity index (χ2n) is 6.14. The Morgan fingerprint density at radius 2 is 1.27 bits per heavy atom. The Labute approximate surface area is 153 Å². The lowest BCUT2D eigenvalue weighted by molar-refractivity contribution is 0.415. The van der Waals surface area contributed by atoms with Crippen molar-refractivity contribution in [3.63, 3.8) is 0 Å². The molecule has 26 heavy (non-hydrogen) atoms. The Balaban J connectivity index is 2.04. The van der Waals surface area contributed by atoms with E-state index in [0.717, 1.165) is 32.4 Å². The fraction of sp³-hybridized carbons (Fsp3) is 0.0435. The van der Waals surface area contributed by atoms with Crippen molar-refractivity contribution in [3.8, 4) is 5.75 Å². The summed E-state index contributed by atoms with van der Waals surface area (Å²) in [5.74, 6) is 0.756. The van der Waals surface area contributed by atoms with Crippen LogP contribution in [-0.4, -0.2) is 7.11 Å². The summed E-state index contributed by atoms with van der Waals surface area (Å²) in [6.07, 6.45) is 0. The minimum atomic E-state index is -3.01. The van der Waals surface area contributed by atoms with Crippen molar-refractivity contribution in [3.05, 3.63) is 97.1 Å². The Hall–Kier alpha value is -2.83. The van der Waals surface area contributed by atoms with Crippen molar-refractivity contribution in [2.45, 2.75) is 0 Å². The highest BCUT2D eigenvalue weighted by atomic mass is 31.2. The third-order valence-corrected chi connectivity index (χ3v) is 7.78. The van der Waals surface area contributed by atoms with E-state index >= 15 is 0 Å². The van der Waals surface area contributed by atoms with Gasteiger partial charge in [0.15, 0.2) is 7.14 Å². The zero-order valence-corrected chi connectivity index (χ0v) is 15.4. The molecule has 4 aromatic rings. The van der Waals surface area contributed by atoms with E-state index in [2.05, 4.69) is 12.1 Å². The average Bonchev–Trinajstić information content (AvgIpc) is 2.73. The van der Waals surface area contributed by atoms with E-state index in [-0.39, 0.29) is 0 Å². The van der Waals surface area contributed by atoms with Crippen LogP contribution in [0.1, 0.15) is 0 Å². The van der Waals surface area contributed by atoms with Crippen LogP contribution in [0.3, 0.4) is 0 Å². The zero-order chi connectivity index (χ0) is 18.0. The van der Waals surface area contributed by atoms with Crippen LogP contribution in [0, 0.1) is 0 Å². The monoisotopic (exact) mass is 358 g/mol. The van der Waals surface area contributed by atoms with Gasteiger partial charge in [0.25, 0.3) is 0 Å². The second-order valence-corrected chi connectivity index (χ2v) is 8.87.